The third-order valence-corrected chi connectivity index (χ3v) is 2.42. The molecule has 1 aromatic carbocycles. The highest BCUT2D eigenvalue weighted by atomic mass is 14.7. The van der Waals surface area contributed by atoms with E-state index in [1.807, 2.05) is 12.3 Å². The molecule has 15 heavy (non-hydrogen) atoms. The second kappa shape index (κ2) is 4.13. The fourth-order valence-corrected chi connectivity index (χ4v) is 1.63. The molecular weight excluding hydrogens is 184 g/mol. The molecule has 0 atom stereocenters. The Labute approximate surface area is 89.8 Å². The van der Waals surface area contributed by atoms with Gasteiger partial charge >= 0.3 is 0 Å². The molecule has 1 aromatic heterocycles. The standard InChI is InChI=1S/C13H14N2/c1-10-3-2-4-11(7-10)8-12-9-15-6-5-13(12)14/h2-7,9H,8H2,1H3,(H2,14,15). The van der Waals surface area contributed by atoms with Crippen LogP contribution >= 0.6 is 0 Å². The number of aromatic nitrogens is 1. The highest BCUT2D eigenvalue weighted by molar-refractivity contribution is 5.46. The van der Waals surface area contributed by atoms with Crippen molar-refractivity contribution < 1.29 is 0 Å². The first-order chi connectivity index (χ1) is 7.25. The molecule has 0 fully saturated rings. The van der Waals surface area contributed by atoms with E-state index in [4.69, 9.17) is 5.73 Å². The largest absolute Gasteiger partial charge is 0.398 e. The zero-order valence-corrected chi connectivity index (χ0v) is 8.77. The molecule has 0 saturated heterocycles. The van der Waals surface area contributed by atoms with E-state index in [-0.39, 0.29) is 0 Å². The predicted octanol–water partition coefficient (Wildman–Crippen LogP) is 2.56. The third kappa shape index (κ3) is 2.34. The first-order valence-corrected chi connectivity index (χ1v) is 4.99. The quantitative estimate of drug-likeness (QED) is 0.805. The topological polar surface area (TPSA) is 38.9 Å². The lowest BCUT2D eigenvalue weighted by Crippen LogP contribution is -1.96. The van der Waals surface area contributed by atoms with Crippen LogP contribution < -0.4 is 5.73 Å². The molecule has 1 heterocycles. The van der Waals surface area contributed by atoms with Gasteiger partial charge in [-0.25, -0.2) is 0 Å². The summed E-state index contributed by atoms with van der Waals surface area (Å²) in [6, 6.07) is 10.3. The van der Waals surface area contributed by atoms with Crippen molar-refractivity contribution in [3.05, 3.63) is 59.4 Å². The maximum absolute atomic E-state index is 5.87. The lowest BCUT2D eigenvalue weighted by Gasteiger charge is -2.05. The van der Waals surface area contributed by atoms with Crippen molar-refractivity contribution in [2.75, 3.05) is 5.73 Å². The van der Waals surface area contributed by atoms with Gasteiger partial charge in [0.05, 0.1) is 0 Å². The van der Waals surface area contributed by atoms with E-state index in [9.17, 15) is 0 Å². The first-order valence-electron chi connectivity index (χ1n) is 4.99. The second-order valence-corrected chi connectivity index (χ2v) is 3.74. The van der Waals surface area contributed by atoms with Gasteiger partial charge in [-0.3, -0.25) is 4.98 Å². The van der Waals surface area contributed by atoms with Crippen LogP contribution in [0.4, 0.5) is 5.69 Å². The van der Waals surface area contributed by atoms with Crippen molar-refractivity contribution in [3.8, 4) is 0 Å². The highest BCUT2D eigenvalue weighted by Gasteiger charge is 2.00. The van der Waals surface area contributed by atoms with Crippen LogP contribution in [0.1, 0.15) is 16.7 Å². The van der Waals surface area contributed by atoms with Gasteiger partial charge in [-0.1, -0.05) is 29.8 Å². The minimum atomic E-state index is 0.812. The summed E-state index contributed by atoms with van der Waals surface area (Å²) < 4.78 is 0. The SMILES string of the molecule is Cc1cccc(Cc2cnccc2N)c1. The number of nitrogen functional groups attached to an aromatic ring is 1. The molecule has 0 amide bonds. The van der Waals surface area contributed by atoms with Crippen LogP contribution in [0.2, 0.25) is 0 Å². The number of nitrogens with zero attached hydrogens (tertiary/aromatic N) is 1. The Bertz CT molecular complexity index is 464. The van der Waals surface area contributed by atoms with Crippen molar-refractivity contribution in [1.29, 1.82) is 0 Å². The van der Waals surface area contributed by atoms with Gasteiger partial charge in [0.2, 0.25) is 0 Å². The molecule has 0 bridgehead atoms. The summed E-state index contributed by atoms with van der Waals surface area (Å²) in [7, 11) is 0. The van der Waals surface area contributed by atoms with E-state index >= 15 is 0 Å². The first kappa shape index (κ1) is 9.71. The maximum atomic E-state index is 5.87. The lowest BCUT2D eigenvalue weighted by molar-refractivity contribution is 1.14. The fraction of sp³-hybridized carbons (Fsp3) is 0.154. The van der Waals surface area contributed by atoms with Gasteiger partial charge < -0.3 is 5.73 Å². The zero-order valence-electron chi connectivity index (χ0n) is 8.77. The summed E-state index contributed by atoms with van der Waals surface area (Å²) in [5, 5.41) is 0. The molecule has 2 N–H and O–H groups in total. The average molecular weight is 198 g/mol. The number of nitrogens with two attached hydrogens (primary N) is 1. The van der Waals surface area contributed by atoms with Gasteiger partial charge in [0, 0.05) is 24.5 Å². The van der Waals surface area contributed by atoms with Crippen LogP contribution in [0.3, 0.4) is 0 Å². The molecule has 0 aliphatic carbocycles. The van der Waals surface area contributed by atoms with Gasteiger partial charge in [0.25, 0.3) is 0 Å². The number of hydrogen-bond donors (Lipinski definition) is 1. The Morgan fingerprint density at radius 2 is 2.13 bits per heavy atom. The molecule has 0 radical (unpaired) electrons. The van der Waals surface area contributed by atoms with Crippen LogP contribution in [0.5, 0.6) is 0 Å². The van der Waals surface area contributed by atoms with Crippen molar-refractivity contribution in [2.24, 2.45) is 0 Å². The van der Waals surface area contributed by atoms with Gasteiger partial charge in [0.1, 0.15) is 0 Å². The second-order valence-electron chi connectivity index (χ2n) is 3.74. The van der Waals surface area contributed by atoms with Gasteiger partial charge in [0.15, 0.2) is 0 Å². The van der Waals surface area contributed by atoms with Crippen LogP contribution in [0.15, 0.2) is 42.7 Å². The van der Waals surface area contributed by atoms with E-state index in [1.165, 1.54) is 11.1 Å². The Balaban J connectivity index is 2.26. The van der Waals surface area contributed by atoms with E-state index in [1.54, 1.807) is 6.20 Å². The van der Waals surface area contributed by atoms with Crippen LogP contribution in [-0.2, 0) is 6.42 Å². The summed E-state index contributed by atoms with van der Waals surface area (Å²) in [5.74, 6) is 0. The maximum Gasteiger partial charge on any atom is 0.0380 e. The van der Waals surface area contributed by atoms with Crippen molar-refractivity contribution >= 4 is 5.69 Å². The Morgan fingerprint density at radius 3 is 2.87 bits per heavy atom. The molecular formula is C13H14N2. The highest BCUT2D eigenvalue weighted by Crippen LogP contribution is 2.15. The number of hydrogen-bond acceptors (Lipinski definition) is 2. The molecule has 0 unspecified atom stereocenters. The van der Waals surface area contributed by atoms with Crippen molar-refractivity contribution in [2.45, 2.75) is 13.3 Å². The molecule has 0 aliphatic heterocycles. The van der Waals surface area contributed by atoms with Gasteiger partial charge in [-0.15, -0.1) is 0 Å². The molecule has 2 aromatic rings. The van der Waals surface area contributed by atoms with Crippen LogP contribution in [0, 0.1) is 6.92 Å². The lowest BCUT2D eigenvalue weighted by atomic mass is 10.0. The molecule has 2 rings (SSSR count). The summed E-state index contributed by atoms with van der Waals surface area (Å²) in [5.41, 5.74) is 10.3. The molecule has 2 nitrogen and oxygen atoms in total. The average Bonchev–Trinajstić information content (AvgIpc) is 2.22. The minimum Gasteiger partial charge on any atom is -0.398 e. The monoisotopic (exact) mass is 198 g/mol. The van der Waals surface area contributed by atoms with Crippen molar-refractivity contribution in [3.63, 3.8) is 0 Å². The Hall–Kier alpha value is -1.83. The van der Waals surface area contributed by atoms with E-state index < -0.39 is 0 Å². The van der Waals surface area contributed by atoms with Gasteiger partial charge in [-0.05, 0) is 24.1 Å². The van der Waals surface area contributed by atoms with E-state index in [2.05, 4.69) is 36.2 Å². The molecule has 76 valence electrons. The molecule has 0 saturated carbocycles. The zero-order chi connectivity index (χ0) is 10.7. The van der Waals surface area contributed by atoms with E-state index in [0.717, 1.165) is 17.7 Å². The molecule has 0 spiro atoms. The fourth-order valence-electron chi connectivity index (χ4n) is 1.63. The number of rotatable bonds is 2. The minimum absolute atomic E-state index is 0.812. The normalized spacial score (nSPS) is 10.2. The third-order valence-electron chi connectivity index (χ3n) is 2.42. The summed E-state index contributed by atoms with van der Waals surface area (Å²) in [6.45, 7) is 2.09. The van der Waals surface area contributed by atoms with Gasteiger partial charge in [-0.2, -0.15) is 0 Å². The number of benzene rings is 1. The Morgan fingerprint density at radius 1 is 1.27 bits per heavy atom. The van der Waals surface area contributed by atoms with E-state index in [0.29, 0.717) is 0 Å². The summed E-state index contributed by atoms with van der Waals surface area (Å²) in [6.07, 6.45) is 4.40. The van der Waals surface area contributed by atoms with Crippen molar-refractivity contribution in [1.82, 2.24) is 4.98 Å². The smallest absolute Gasteiger partial charge is 0.0380 e. The Kier molecular flexibility index (Phi) is 2.68. The predicted molar refractivity (Wildman–Crippen MR) is 62.6 cm³/mol. The summed E-state index contributed by atoms with van der Waals surface area (Å²) >= 11 is 0. The molecule has 0 aliphatic rings. The summed E-state index contributed by atoms with van der Waals surface area (Å²) in [4.78, 5) is 4.08. The van der Waals surface area contributed by atoms with Crippen LogP contribution in [0.25, 0.3) is 0 Å². The number of anilines is 1. The van der Waals surface area contributed by atoms with Crippen LogP contribution in [-0.4, -0.2) is 4.98 Å². The number of pyridine rings is 1. The molecule has 2 heteroatoms. The number of aryl methyl sites for hydroxylation is 1.